The van der Waals surface area contributed by atoms with Gasteiger partial charge in [0.25, 0.3) is 0 Å². The first-order valence-electron chi connectivity index (χ1n) is 5.54. The molecule has 0 aromatic heterocycles. The lowest BCUT2D eigenvalue weighted by molar-refractivity contribution is 1.52. The molecule has 80 valence electrons. The summed E-state index contributed by atoms with van der Waals surface area (Å²) in [5.41, 5.74) is 3.74. The van der Waals surface area contributed by atoms with E-state index in [-0.39, 0.29) is 0 Å². The summed E-state index contributed by atoms with van der Waals surface area (Å²) in [6, 6.07) is 10.8. The van der Waals surface area contributed by atoms with Crippen LogP contribution in [0.4, 0.5) is 0 Å². The summed E-state index contributed by atoms with van der Waals surface area (Å²) in [4.78, 5) is 0. The first-order chi connectivity index (χ1) is 7.76. The Labute approximate surface area is 96.9 Å². The maximum absolute atomic E-state index is 3.88. The third kappa shape index (κ3) is 1.79. The highest BCUT2D eigenvalue weighted by Crippen LogP contribution is 2.24. The van der Waals surface area contributed by atoms with Gasteiger partial charge in [0.1, 0.15) is 0 Å². The third-order valence-electron chi connectivity index (χ3n) is 2.87. The van der Waals surface area contributed by atoms with Gasteiger partial charge in [0, 0.05) is 0 Å². The van der Waals surface area contributed by atoms with Crippen LogP contribution in [0.2, 0.25) is 0 Å². The molecule has 0 atom stereocenters. The highest BCUT2D eigenvalue weighted by Gasteiger charge is 2.01. The third-order valence-corrected chi connectivity index (χ3v) is 2.87. The highest BCUT2D eigenvalue weighted by molar-refractivity contribution is 5.90. The van der Waals surface area contributed by atoms with Crippen molar-refractivity contribution in [2.75, 3.05) is 0 Å². The molecule has 0 heterocycles. The van der Waals surface area contributed by atoms with Gasteiger partial charge in [0.05, 0.1) is 0 Å². The maximum Gasteiger partial charge on any atom is -0.0148 e. The summed E-state index contributed by atoms with van der Waals surface area (Å²) < 4.78 is 0. The molecule has 0 saturated carbocycles. The molecule has 0 fully saturated rings. The van der Waals surface area contributed by atoms with Crippen molar-refractivity contribution in [1.82, 2.24) is 0 Å². The molecule has 0 radical (unpaired) electrons. The molecular weight excluding hydrogens is 192 g/mol. The topological polar surface area (TPSA) is 0 Å². The van der Waals surface area contributed by atoms with Crippen molar-refractivity contribution in [2.24, 2.45) is 0 Å². The lowest BCUT2D eigenvalue weighted by Gasteiger charge is -2.07. The van der Waals surface area contributed by atoms with E-state index in [2.05, 4.69) is 56.0 Å². The van der Waals surface area contributed by atoms with Crippen molar-refractivity contribution in [3.8, 4) is 0 Å². The van der Waals surface area contributed by atoms with Crippen LogP contribution in [0.5, 0.6) is 0 Å². The monoisotopic (exact) mass is 208 g/mol. The minimum Gasteiger partial charge on any atom is -0.0984 e. The van der Waals surface area contributed by atoms with Gasteiger partial charge in [-0.25, -0.2) is 0 Å². The average Bonchev–Trinajstić information content (AvgIpc) is 2.29. The Bertz CT molecular complexity index is 560. The van der Waals surface area contributed by atoms with Gasteiger partial charge in [-0.3, -0.25) is 0 Å². The molecule has 0 nitrogen and oxygen atoms in total. The van der Waals surface area contributed by atoms with Crippen LogP contribution in [0.25, 0.3) is 22.9 Å². The van der Waals surface area contributed by atoms with Crippen LogP contribution in [0.3, 0.4) is 0 Å². The average molecular weight is 208 g/mol. The van der Waals surface area contributed by atoms with Crippen molar-refractivity contribution >= 4 is 22.9 Å². The van der Waals surface area contributed by atoms with Crippen LogP contribution in [-0.2, 0) is 0 Å². The van der Waals surface area contributed by atoms with E-state index in [0.717, 1.165) is 0 Å². The summed E-state index contributed by atoms with van der Waals surface area (Å²) in [5.74, 6) is 0. The van der Waals surface area contributed by atoms with E-state index in [4.69, 9.17) is 0 Å². The van der Waals surface area contributed by atoms with Crippen LogP contribution >= 0.6 is 0 Å². The Kier molecular flexibility index (Phi) is 2.91. The van der Waals surface area contributed by atoms with Gasteiger partial charge in [-0.2, -0.15) is 0 Å². The standard InChI is InChI=1S/C16H16/c1-4-7-14-10-15-9-6-8-12(3)16(15)11-13(14)5-2/h4-11H,2H2,1,3H3/b7-4-. The van der Waals surface area contributed by atoms with E-state index in [1.54, 1.807) is 0 Å². The fourth-order valence-corrected chi connectivity index (χ4v) is 2.02. The number of allylic oxidation sites excluding steroid dienone is 1. The molecule has 0 unspecified atom stereocenters. The van der Waals surface area contributed by atoms with Crippen LogP contribution in [0, 0.1) is 6.92 Å². The second-order valence-corrected chi connectivity index (χ2v) is 3.98. The molecule has 0 aliphatic carbocycles. The molecule has 0 saturated heterocycles. The number of benzene rings is 2. The molecule has 2 rings (SSSR count). The van der Waals surface area contributed by atoms with Gasteiger partial charge in [0.2, 0.25) is 0 Å². The van der Waals surface area contributed by atoms with Crippen molar-refractivity contribution in [3.63, 3.8) is 0 Å². The Balaban J connectivity index is 2.80. The van der Waals surface area contributed by atoms with Gasteiger partial charge in [-0.15, -0.1) is 0 Å². The SMILES string of the molecule is C=Cc1cc2c(C)cccc2cc1/C=C\C. The Morgan fingerprint density at radius 1 is 1.12 bits per heavy atom. The molecule has 0 spiro atoms. The molecule has 0 N–H and O–H groups in total. The van der Waals surface area contributed by atoms with E-state index in [9.17, 15) is 0 Å². The van der Waals surface area contributed by atoms with E-state index in [1.807, 2.05) is 13.0 Å². The van der Waals surface area contributed by atoms with E-state index in [0.29, 0.717) is 0 Å². The Morgan fingerprint density at radius 2 is 1.94 bits per heavy atom. The minimum absolute atomic E-state index is 1.19. The van der Waals surface area contributed by atoms with E-state index in [1.165, 1.54) is 27.5 Å². The van der Waals surface area contributed by atoms with Crippen LogP contribution in [0.15, 0.2) is 43.0 Å². The first kappa shape index (κ1) is 10.7. The molecule has 2 aromatic rings. The van der Waals surface area contributed by atoms with Gasteiger partial charge in [-0.1, -0.05) is 43.0 Å². The van der Waals surface area contributed by atoms with E-state index >= 15 is 0 Å². The fourth-order valence-electron chi connectivity index (χ4n) is 2.02. The van der Waals surface area contributed by atoms with Crippen LogP contribution in [0.1, 0.15) is 23.6 Å². The second kappa shape index (κ2) is 4.36. The van der Waals surface area contributed by atoms with Crippen molar-refractivity contribution in [2.45, 2.75) is 13.8 Å². The Hall–Kier alpha value is -1.82. The van der Waals surface area contributed by atoms with Crippen LogP contribution in [-0.4, -0.2) is 0 Å². The highest BCUT2D eigenvalue weighted by atomic mass is 14.1. The molecule has 0 aliphatic heterocycles. The quantitative estimate of drug-likeness (QED) is 0.663. The van der Waals surface area contributed by atoms with E-state index < -0.39 is 0 Å². The van der Waals surface area contributed by atoms with Crippen molar-refractivity contribution in [3.05, 3.63) is 59.7 Å². The first-order valence-corrected chi connectivity index (χ1v) is 5.54. The molecule has 0 bridgehead atoms. The Morgan fingerprint density at radius 3 is 2.62 bits per heavy atom. The number of hydrogen-bond acceptors (Lipinski definition) is 0. The molecule has 0 amide bonds. The number of rotatable bonds is 2. The molecule has 2 aromatic carbocycles. The lowest BCUT2D eigenvalue weighted by Crippen LogP contribution is -1.84. The molecule has 16 heavy (non-hydrogen) atoms. The molecule has 0 aliphatic rings. The summed E-state index contributed by atoms with van der Waals surface area (Å²) in [6.07, 6.45) is 6.10. The van der Waals surface area contributed by atoms with Gasteiger partial charge in [0.15, 0.2) is 0 Å². The lowest BCUT2D eigenvalue weighted by atomic mass is 9.98. The number of hydrogen-bond donors (Lipinski definition) is 0. The van der Waals surface area contributed by atoms with Crippen molar-refractivity contribution < 1.29 is 0 Å². The predicted octanol–water partition coefficient (Wildman–Crippen LogP) is 4.82. The number of aryl methyl sites for hydroxylation is 1. The largest absolute Gasteiger partial charge is 0.0984 e. The van der Waals surface area contributed by atoms with Gasteiger partial charge in [-0.05, 0) is 53.4 Å². The number of fused-ring (bicyclic) bond motifs is 1. The molecule has 0 heteroatoms. The van der Waals surface area contributed by atoms with Gasteiger partial charge < -0.3 is 0 Å². The van der Waals surface area contributed by atoms with Crippen LogP contribution < -0.4 is 0 Å². The predicted molar refractivity (Wildman–Crippen MR) is 73.5 cm³/mol. The maximum atomic E-state index is 3.88. The van der Waals surface area contributed by atoms with Gasteiger partial charge >= 0.3 is 0 Å². The minimum atomic E-state index is 1.19. The fraction of sp³-hybridized carbons (Fsp3) is 0.125. The summed E-state index contributed by atoms with van der Waals surface area (Å²) in [5, 5.41) is 2.60. The zero-order valence-electron chi connectivity index (χ0n) is 9.83. The van der Waals surface area contributed by atoms with Crippen molar-refractivity contribution in [1.29, 1.82) is 0 Å². The zero-order chi connectivity index (χ0) is 11.5. The molecular formula is C16H16. The second-order valence-electron chi connectivity index (χ2n) is 3.98. The summed E-state index contributed by atoms with van der Waals surface area (Å²) in [6.45, 7) is 8.05. The normalized spacial score (nSPS) is 11.1. The summed E-state index contributed by atoms with van der Waals surface area (Å²) in [7, 11) is 0. The summed E-state index contributed by atoms with van der Waals surface area (Å²) >= 11 is 0. The smallest absolute Gasteiger partial charge is 0.0148 e. The zero-order valence-corrected chi connectivity index (χ0v) is 9.83.